The summed E-state index contributed by atoms with van der Waals surface area (Å²) in [6.07, 6.45) is 5.78. The SMILES string of the molecule is CCN(CC1(CN2CCN(C(=O)CC3=C(C(=O)OC)C(c4c(Cl)cccc4Cl)C(C(=O)OC)C=N3)CC2)CCCC1)C(C)=O. The van der Waals surface area contributed by atoms with Crippen LogP contribution in [0.25, 0.3) is 0 Å². The van der Waals surface area contributed by atoms with Gasteiger partial charge in [-0.05, 0) is 37.5 Å². The van der Waals surface area contributed by atoms with Crippen LogP contribution >= 0.6 is 23.2 Å². The van der Waals surface area contributed by atoms with Gasteiger partial charge >= 0.3 is 11.9 Å². The van der Waals surface area contributed by atoms with Gasteiger partial charge in [0.05, 0.1) is 31.9 Å². The van der Waals surface area contributed by atoms with Crippen molar-refractivity contribution < 1.29 is 28.7 Å². The quantitative estimate of drug-likeness (QED) is 0.347. The average molecular weight is 650 g/mol. The van der Waals surface area contributed by atoms with Crippen molar-refractivity contribution in [3.8, 4) is 0 Å². The molecule has 240 valence electrons. The van der Waals surface area contributed by atoms with Gasteiger partial charge < -0.3 is 19.3 Å². The predicted octanol–water partition coefficient (Wildman–Crippen LogP) is 4.34. The molecular formula is C32H42Cl2N4O6. The summed E-state index contributed by atoms with van der Waals surface area (Å²) in [6, 6.07) is 4.91. The molecule has 12 heteroatoms. The third-order valence-electron chi connectivity index (χ3n) is 9.18. The highest BCUT2D eigenvalue weighted by atomic mass is 35.5. The van der Waals surface area contributed by atoms with E-state index in [1.54, 1.807) is 30.0 Å². The van der Waals surface area contributed by atoms with E-state index in [-0.39, 0.29) is 45.0 Å². The number of esters is 2. The molecule has 2 unspecified atom stereocenters. The normalized spacial score (nSPS) is 21.7. The largest absolute Gasteiger partial charge is 0.468 e. The van der Waals surface area contributed by atoms with E-state index < -0.39 is 23.8 Å². The summed E-state index contributed by atoms with van der Waals surface area (Å²) in [5.74, 6) is -3.36. The van der Waals surface area contributed by atoms with Gasteiger partial charge in [0.2, 0.25) is 11.8 Å². The van der Waals surface area contributed by atoms with E-state index in [1.165, 1.54) is 33.3 Å². The first-order valence-corrected chi connectivity index (χ1v) is 15.9. The molecule has 10 nitrogen and oxygen atoms in total. The summed E-state index contributed by atoms with van der Waals surface area (Å²) in [5.41, 5.74) is 0.708. The first-order valence-electron chi connectivity index (χ1n) is 15.2. The van der Waals surface area contributed by atoms with Crippen LogP contribution in [-0.4, -0.2) is 105 Å². The Hall–Kier alpha value is -2.95. The van der Waals surface area contributed by atoms with E-state index in [0.29, 0.717) is 38.3 Å². The molecule has 2 atom stereocenters. The van der Waals surface area contributed by atoms with Gasteiger partial charge in [0.1, 0.15) is 5.92 Å². The zero-order valence-corrected chi connectivity index (χ0v) is 27.5. The highest BCUT2D eigenvalue weighted by Crippen LogP contribution is 2.45. The van der Waals surface area contributed by atoms with Crippen molar-refractivity contribution in [3.05, 3.63) is 45.1 Å². The second kappa shape index (κ2) is 14.9. The molecule has 2 fully saturated rings. The van der Waals surface area contributed by atoms with E-state index in [1.807, 2.05) is 11.8 Å². The Kier molecular flexibility index (Phi) is 11.5. The molecule has 0 spiro atoms. The number of ether oxygens (including phenoxy) is 2. The molecule has 1 aliphatic carbocycles. The lowest BCUT2D eigenvalue weighted by atomic mass is 9.77. The lowest BCUT2D eigenvalue weighted by Crippen LogP contribution is -2.53. The molecule has 1 saturated carbocycles. The van der Waals surface area contributed by atoms with E-state index in [9.17, 15) is 19.2 Å². The van der Waals surface area contributed by atoms with Crippen LogP contribution in [0.1, 0.15) is 57.4 Å². The Morgan fingerprint density at radius 3 is 2.20 bits per heavy atom. The minimum Gasteiger partial charge on any atom is -0.468 e. The molecule has 2 amide bonds. The van der Waals surface area contributed by atoms with Crippen molar-refractivity contribution in [2.24, 2.45) is 16.3 Å². The minimum atomic E-state index is -0.997. The van der Waals surface area contributed by atoms with Crippen LogP contribution in [0, 0.1) is 11.3 Å². The summed E-state index contributed by atoms with van der Waals surface area (Å²) < 4.78 is 10.1. The Morgan fingerprint density at radius 2 is 1.66 bits per heavy atom. The number of hydrogen-bond donors (Lipinski definition) is 0. The first kappa shape index (κ1) is 33.9. The van der Waals surface area contributed by atoms with E-state index in [2.05, 4.69) is 9.89 Å². The topological polar surface area (TPSA) is 109 Å². The smallest absolute Gasteiger partial charge is 0.336 e. The fourth-order valence-corrected chi connectivity index (χ4v) is 7.50. The molecular weight excluding hydrogens is 607 g/mol. The van der Waals surface area contributed by atoms with Gasteiger partial charge in [-0.15, -0.1) is 0 Å². The molecule has 2 aliphatic heterocycles. The number of nitrogens with zero attached hydrogens (tertiary/aromatic N) is 4. The first-order chi connectivity index (χ1) is 21.0. The fourth-order valence-electron chi connectivity index (χ4n) is 6.87. The van der Waals surface area contributed by atoms with Crippen molar-refractivity contribution in [1.29, 1.82) is 0 Å². The van der Waals surface area contributed by atoms with E-state index in [0.717, 1.165) is 25.9 Å². The number of rotatable bonds is 10. The Balaban J connectivity index is 1.52. The van der Waals surface area contributed by atoms with Crippen LogP contribution in [0.5, 0.6) is 0 Å². The van der Waals surface area contributed by atoms with Crippen LogP contribution in [0.3, 0.4) is 0 Å². The third-order valence-corrected chi connectivity index (χ3v) is 9.84. The molecule has 1 aromatic carbocycles. The van der Waals surface area contributed by atoms with Crippen molar-refractivity contribution in [2.75, 3.05) is 60.0 Å². The Labute approximate surface area is 269 Å². The molecule has 0 aromatic heterocycles. The highest BCUT2D eigenvalue weighted by molar-refractivity contribution is 6.36. The molecule has 4 rings (SSSR count). The summed E-state index contributed by atoms with van der Waals surface area (Å²) in [7, 11) is 2.48. The van der Waals surface area contributed by atoms with E-state index >= 15 is 0 Å². The lowest BCUT2D eigenvalue weighted by molar-refractivity contribution is -0.143. The average Bonchev–Trinajstić information content (AvgIpc) is 3.47. The Bertz CT molecular complexity index is 1300. The number of piperazine rings is 1. The molecule has 0 radical (unpaired) electrons. The van der Waals surface area contributed by atoms with Crippen LogP contribution in [0.2, 0.25) is 10.0 Å². The summed E-state index contributed by atoms with van der Waals surface area (Å²) >= 11 is 13.1. The Morgan fingerprint density at radius 1 is 1.02 bits per heavy atom. The zero-order valence-electron chi connectivity index (χ0n) is 25.9. The van der Waals surface area contributed by atoms with Gasteiger partial charge in [-0.25, -0.2) is 4.79 Å². The van der Waals surface area contributed by atoms with Gasteiger partial charge in [-0.3, -0.25) is 24.3 Å². The van der Waals surface area contributed by atoms with E-state index in [4.69, 9.17) is 32.7 Å². The highest BCUT2D eigenvalue weighted by Gasteiger charge is 2.43. The van der Waals surface area contributed by atoms with Gasteiger partial charge in [-0.2, -0.15) is 0 Å². The van der Waals surface area contributed by atoms with Crippen LogP contribution < -0.4 is 0 Å². The van der Waals surface area contributed by atoms with Gasteiger partial charge in [0.15, 0.2) is 0 Å². The maximum absolute atomic E-state index is 13.6. The van der Waals surface area contributed by atoms with Crippen LogP contribution in [0.4, 0.5) is 0 Å². The van der Waals surface area contributed by atoms with Crippen molar-refractivity contribution in [2.45, 2.75) is 51.9 Å². The lowest BCUT2D eigenvalue weighted by Gasteiger charge is -2.42. The second-order valence-corrected chi connectivity index (χ2v) is 12.7. The van der Waals surface area contributed by atoms with Gasteiger partial charge in [0, 0.05) is 80.3 Å². The fraction of sp³-hybridized carbons (Fsp3) is 0.594. The third kappa shape index (κ3) is 7.46. The minimum absolute atomic E-state index is 0.0570. The monoisotopic (exact) mass is 648 g/mol. The number of halogens is 2. The maximum Gasteiger partial charge on any atom is 0.336 e. The summed E-state index contributed by atoms with van der Waals surface area (Å²) in [5, 5.41) is 0.528. The molecule has 0 N–H and O–H groups in total. The molecule has 1 aromatic rings. The molecule has 3 aliphatic rings. The molecule has 2 heterocycles. The van der Waals surface area contributed by atoms with Gasteiger partial charge in [0.25, 0.3) is 0 Å². The number of methoxy groups -OCH3 is 2. The number of benzene rings is 1. The number of hydrogen-bond acceptors (Lipinski definition) is 8. The van der Waals surface area contributed by atoms with Crippen molar-refractivity contribution in [3.63, 3.8) is 0 Å². The number of carbonyl (C=O) groups is 4. The standard InChI is InChI=1S/C32H42Cl2N4O6/c1-5-37(21(2)39)20-32(11-6-7-12-32)19-36-13-15-38(16-14-36)26(40)17-25-29(31(42)44-4)27(22(18-35-25)30(41)43-3)28-23(33)9-8-10-24(28)34/h8-10,18,22,27H,5-7,11-17,19-20H2,1-4H3. The molecule has 0 bridgehead atoms. The van der Waals surface area contributed by atoms with Crippen molar-refractivity contribution >= 4 is 53.2 Å². The predicted molar refractivity (Wildman–Crippen MR) is 169 cm³/mol. The second-order valence-electron chi connectivity index (χ2n) is 11.9. The summed E-state index contributed by atoms with van der Waals surface area (Å²) in [6.45, 7) is 8.53. The van der Waals surface area contributed by atoms with Crippen molar-refractivity contribution in [1.82, 2.24) is 14.7 Å². The number of amides is 2. The van der Waals surface area contributed by atoms with Crippen LogP contribution in [-0.2, 0) is 28.7 Å². The zero-order chi connectivity index (χ0) is 32.0. The number of carbonyl (C=O) groups excluding carboxylic acids is 4. The van der Waals surface area contributed by atoms with Gasteiger partial charge in [-0.1, -0.05) is 42.1 Å². The van der Waals surface area contributed by atoms with Crippen LogP contribution in [0.15, 0.2) is 34.5 Å². The number of aliphatic imine (C=N–C) groups is 1. The molecule has 1 saturated heterocycles. The maximum atomic E-state index is 13.6. The summed E-state index contributed by atoms with van der Waals surface area (Å²) in [4.78, 5) is 62.3. The molecule has 44 heavy (non-hydrogen) atoms.